The first-order valence-electron chi connectivity index (χ1n) is 4.84. The Bertz CT molecular complexity index is 508. The van der Waals surface area contributed by atoms with Gasteiger partial charge in [-0.25, -0.2) is 4.98 Å². The highest BCUT2D eigenvalue weighted by atomic mass is 14.9. The van der Waals surface area contributed by atoms with Gasteiger partial charge >= 0.3 is 0 Å². The summed E-state index contributed by atoms with van der Waals surface area (Å²) in [6.45, 7) is 1.94. The molecule has 2 aromatic heterocycles. The Balaban J connectivity index is 2.15. The van der Waals surface area contributed by atoms with E-state index in [4.69, 9.17) is 5.26 Å². The number of nitriles is 1. The van der Waals surface area contributed by atoms with Crippen molar-refractivity contribution >= 4 is 11.4 Å². The topological polar surface area (TPSA) is 61.6 Å². The maximum Gasteiger partial charge on any atom is 0.140 e. The summed E-state index contributed by atoms with van der Waals surface area (Å²) < 4.78 is 0. The Kier molecular flexibility index (Phi) is 2.79. The highest BCUT2D eigenvalue weighted by Gasteiger charge is 1.96. The monoisotopic (exact) mass is 210 g/mol. The Morgan fingerprint density at radius 2 is 1.75 bits per heavy atom. The highest BCUT2D eigenvalue weighted by Crippen LogP contribution is 2.14. The van der Waals surface area contributed by atoms with Gasteiger partial charge < -0.3 is 5.32 Å². The standard InChI is InChI=1S/C12H10N4/c1-9-2-3-11(7-14-9)16-12-5-4-10(6-13)15-8-12/h2-5,7-8,16H,1H3. The number of pyridine rings is 2. The molecule has 0 spiro atoms. The normalized spacial score (nSPS) is 9.50. The van der Waals surface area contributed by atoms with E-state index in [1.54, 1.807) is 18.5 Å². The number of nitrogens with zero attached hydrogens (tertiary/aromatic N) is 3. The summed E-state index contributed by atoms with van der Waals surface area (Å²) in [5.74, 6) is 0. The van der Waals surface area contributed by atoms with Crippen molar-refractivity contribution in [2.45, 2.75) is 6.92 Å². The maximum atomic E-state index is 8.61. The largest absolute Gasteiger partial charge is 0.353 e. The van der Waals surface area contributed by atoms with Crippen molar-refractivity contribution in [1.29, 1.82) is 5.26 Å². The molecule has 78 valence electrons. The minimum atomic E-state index is 0.410. The van der Waals surface area contributed by atoms with E-state index in [0.29, 0.717) is 5.69 Å². The Labute approximate surface area is 93.6 Å². The molecule has 0 amide bonds. The van der Waals surface area contributed by atoms with Gasteiger partial charge in [-0.1, -0.05) is 0 Å². The zero-order valence-electron chi connectivity index (χ0n) is 8.81. The smallest absolute Gasteiger partial charge is 0.140 e. The molecule has 2 aromatic rings. The van der Waals surface area contributed by atoms with Crippen molar-refractivity contribution in [3.63, 3.8) is 0 Å². The fourth-order valence-electron chi connectivity index (χ4n) is 1.24. The molecule has 0 saturated carbocycles. The lowest BCUT2D eigenvalue weighted by atomic mass is 10.3. The van der Waals surface area contributed by atoms with Crippen LogP contribution in [0.4, 0.5) is 11.4 Å². The molecule has 0 saturated heterocycles. The molecule has 0 atom stereocenters. The van der Waals surface area contributed by atoms with Crippen LogP contribution in [0.2, 0.25) is 0 Å². The van der Waals surface area contributed by atoms with E-state index in [2.05, 4.69) is 15.3 Å². The van der Waals surface area contributed by atoms with Crippen LogP contribution in [0.15, 0.2) is 36.7 Å². The number of anilines is 2. The predicted molar refractivity (Wildman–Crippen MR) is 61.2 cm³/mol. The fourth-order valence-corrected chi connectivity index (χ4v) is 1.24. The molecule has 4 heteroatoms. The van der Waals surface area contributed by atoms with Crippen molar-refractivity contribution in [2.75, 3.05) is 5.32 Å². The third kappa shape index (κ3) is 2.34. The molecular weight excluding hydrogens is 200 g/mol. The SMILES string of the molecule is Cc1ccc(Nc2ccc(C#N)nc2)cn1. The number of nitrogens with one attached hydrogen (secondary N) is 1. The molecule has 2 rings (SSSR count). The quantitative estimate of drug-likeness (QED) is 0.826. The molecule has 0 aliphatic heterocycles. The van der Waals surface area contributed by atoms with E-state index >= 15 is 0 Å². The van der Waals surface area contributed by atoms with Gasteiger partial charge in [-0.2, -0.15) is 5.26 Å². The molecule has 0 aliphatic rings. The van der Waals surface area contributed by atoms with Crippen LogP contribution >= 0.6 is 0 Å². The van der Waals surface area contributed by atoms with Gasteiger partial charge in [0.15, 0.2) is 0 Å². The summed E-state index contributed by atoms with van der Waals surface area (Å²) in [4.78, 5) is 8.14. The number of aromatic nitrogens is 2. The summed E-state index contributed by atoms with van der Waals surface area (Å²) in [6.07, 6.45) is 3.38. The van der Waals surface area contributed by atoms with E-state index in [-0.39, 0.29) is 0 Å². The Hall–Kier alpha value is -2.41. The summed E-state index contributed by atoms with van der Waals surface area (Å²) >= 11 is 0. The first-order chi connectivity index (χ1) is 7.78. The number of rotatable bonds is 2. The fraction of sp³-hybridized carbons (Fsp3) is 0.0833. The predicted octanol–water partition coefficient (Wildman–Crippen LogP) is 2.40. The van der Waals surface area contributed by atoms with Gasteiger partial charge in [0.2, 0.25) is 0 Å². The van der Waals surface area contributed by atoms with E-state index in [1.165, 1.54) is 0 Å². The molecule has 0 aliphatic carbocycles. The van der Waals surface area contributed by atoms with Crippen molar-refractivity contribution in [3.8, 4) is 6.07 Å². The molecule has 1 N–H and O–H groups in total. The lowest BCUT2D eigenvalue weighted by molar-refractivity contribution is 1.20. The van der Waals surface area contributed by atoms with Crippen LogP contribution in [0.25, 0.3) is 0 Å². The zero-order valence-corrected chi connectivity index (χ0v) is 8.81. The lowest BCUT2D eigenvalue weighted by Crippen LogP contribution is -1.93. The van der Waals surface area contributed by atoms with Crippen LogP contribution in [0, 0.1) is 18.3 Å². The second kappa shape index (κ2) is 4.41. The second-order valence-corrected chi connectivity index (χ2v) is 3.36. The number of hydrogen-bond acceptors (Lipinski definition) is 4. The average molecular weight is 210 g/mol. The molecule has 0 bridgehead atoms. The summed E-state index contributed by atoms with van der Waals surface area (Å²) in [6, 6.07) is 9.33. The molecule has 16 heavy (non-hydrogen) atoms. The van der Waals surface area contributed by atoms with Crippen LogP contribution < -0.4 is 5.32 Å². The third-order valence-corrected chi connectivity index (χ3v) is 2.08. The zero-order chi connectivity index (χ0) is 11.4. The Morgan fingerprint density at radius 3 is 2.25 bits per heavy atom. The van der Waals surface area contributed by atoms with E-state index in [1.807, 2.05) is 31.2 Å². The van der Waals surface area contributed by atoms with Crippen LogP contribution in [-0.4, -0.2) is 9.97 Å². The van der Waals surface area contributed by atoms with Gasteiger partial charge in [-0.05, 0) is 31.2 Å². The van der Waals surface area contributed by atoms with E-state index in [9.17, 15) is 0 Å². The van der Waals surface area contributed by atoms with Crippen LogP contribution in [-0.2, 0) is 0 Å². The van der Waals surface area contributed by atoms with Gasteiger partial charge in [0.1, 0.15) is 11.8 Å². The molecule has 2 heterocycles. The van der Waals surface area contributed by atoms with Gasteiger partial charge in [0, 0.05) is 5.69 Å². The molecular formula is C12H10N4. The number of hydrogen-bond donors (Lipinski definition) is 1. The molecule has 0 fully saturated rings. The Morgan fingerprint density at radius 1 is 1.06 bits per heavy atom. The third-order valence-electron chi connectivity index (χ3n) is 2.08. The summed E-state index contributed by atoms with van der Waals surface area (Å²) in [5.41, 5.74) is 3.12. The number of aryl methyl sites for hydroxylation is 1. The first kappa shape index (κ1) is 10.1. The van der Waals surface area contributed by atoms with Crippen LogP contribution in [0.5, 0.6) is 0 Å². The van der Waals surface area contributed by atoms with Gasteiger partial charge in [0.05, 0.1) is 23.8 Å². The highest BCUT2D eigenvalue weighted by molar-refractivity contribution is 5.57. The van der Waals surface area contributed by atoms with Gasteiger partial charge in [-0.3, -0.25) is 4.98 Å². The average Bonchev–Trinajstić information content (AvgIpc) is 2.33. The van der Waals surface area contributed by atoms with Crippen molar-refractivity contribution in [3.05, 3.63) is 48.0 Å². The molecule has 0 unspecified atom stereocenters. The van der Waals surface area contributed by atoms with E-state index < -0.39 is 0 Å². The lowest BCUT2D eigenvalue weighted by Gasteiger charge is -2.05. The first-order valence-corrected chi connectivity index (χ1v) is 4.84. The van der Waals surface area contributed by atoms with Gasteiger partial charge in [0.25, 0.3) is 0 Å². The van der Waals surface area contributed by atoms with Crippen molar-refractivity contribution < 1.29 is 0 Å². The minimum absolute atomic E-state index is 0.410. The van der Waals surface area contributed by atoms with E-state index in [0.717, 1.165) is 17.1 Å². The summed E-state index contributed by atoms with van der Waals surface area (Å²) in [5, 5.41) is 11.8. The van der Waals surface area contributed by atoms with Crippen molar-refractivity contribution in [2.24, 2.45) is 0 Å². The minimum Gasteiger partial charge on any atom is -0.353 e. The van der Waals surface area contributed by atoms with Crippen molar-refractivity contribution in [1.82, 2.24) is 9.97 Å². The molecule has 4 nitrogen and oxygen atoms in total. The molecule has 0 aromatic carbocycles. The van der Waals surface area contributed by atoms with Crippen LogP contribution in [0.3, 0.4) is 0 Å². The second-order valence-electron chi connectivity index (χ2n) is 3.36. The summed E-state index contributed by atoms with van der Waals surface area (Å²) in [7, 11) is 0. The maximum absolute atomic E-state index is 8.61. The van der Waals surface area contributed by atoms with Crippen LogP contribution in [0.1, 0.15) is 11.4 Å². The van der Waals surface area contributed by atoms with Gasteiger partial charge in [-0.15, -0.1) is 0 Å². The molecule has 0 radical (unpaired) electrons.